The van der Waals surface area contributed by atoms with E-state index in [4.69, 9.17) is 4.74 Å². The second-order valence-electron chi connectivity index (χ2n) is 5.46. The SMILES string of the molecule is Cn1cc(CNCCOc2cccc(C(F)(F)F)c2)c(=O)n(C)c1=O. The Hall–Kier alpha value is -2.55. The predicted octanol–water partition coefficient (Wildman–Crippen LogP) is 1.27. The van der Waals surface area contributed by atoms with Gasteiger partial charge >= 0.3 is 11.9 Å². The fraction of sp³-hybridized carbons (Fsp3) is 0.375. The maximum absolute atomic E-state index is 12.6. The zero-order valence-electron chi connectivity index (χ0n) is 13.8. The minimum Gasteiger partial charge on any atom is -0.492 e. The Morgan fingerprint density at radius 2 is 1.92 bits per heavy atom. The van der Waals surface area contributed by atoms with Gasteiger partial charge in [0.05, 0.1) is 5.56 Å². The number of ether oxygens (including phenoxy) is 1. The third-order valence-corrected chi connectivity index (χ3v) is 3.54. The molecule has 0 spiro atoms. The molecule has 1 aromatic carbocycles. The third kappa shape index (κ3) is 4.72. The number of alkyl halides is 3. The van der Waals surface area contributed by atoms with Crippen molar-refractivity contribution in [2.45, 2.75) is 12.7 Å². The van der Waals surface area contributed by atoms with Gasteiger partial charge in [-0.15, -0.1) is 0 Å². The van der Waals surface area contributed by atoms with E-state index in [1.54, 1.807) is 7.05 Å². The van der Waals surface area contributed by atoms with Crippen LogP contribution in [-0.2, 0) is 26.8 Å². The van der Waals surface area contributed by atoms with E-state index >= 15 is 0 Å². The van der Waals surface area contributed by atoms with Gasteiger partial charge in [-0.2, -0.15) is 13.2 Å². The number of rotatable bonds is 6. The Kier molecular flexibility index (Phi) is 5.68. The Balaban J connectivity index is 1.87. The normalized spacial score (nSPS) is 11.6. The van der Waals surface area contributed by atoms with Gasteiger partial charge in [0.2, 0.25) is 0 Å². The topological polar surface area (TPSA) is 65.3 Å². The summed E-state index contributed by atoms with van der Waals surface area (Å²) in [5.74, 6) is 0.120. The molecule has 0 saturated heterocycles. The van der Waals surface area contributed by atoms with Gasteiger partial charge in [-0.05, 0) is 18.2 Å². The molecule has 9 heteroatoms. The molecule has 0 fully saturated rings. The molecule has 2 aromatic rings. The van der Waals surface area contributed by atoms with E-state index in [2.05, 4.69) is 5.32 Å². The van der Waals surface area contributed by atoms with Crippen LogP contribution in [0.25, 0.3) is 0 Å². The first-order valence-electron chi connectivity index (χ1n) is 7.46. The predicted molar refractivity (Wildman–Crippen MR) is 85.6 cm³/mol. The Labute approximate surface area is 141 Å². The Morgan fingerprint density at radius 3 is 2.60 bits per heavy atom. The van der Waals surface area contributed by atoms with E-state index in [0.29, 0.717) is 12.1 Å². The Bertz CT molecular complexity index is 856. The summed E-state index contributed by atoms with van der Waals surface area (Å²) in [5.41, 5.74) is -1.17. The monoisotopic (exact) mass is 357 g/mol. The highest BCUT2D eigenvalue weighted by Crippen LogP contribution is 2.31. The zero-order chi connectivity index (χ0) is 18.6. The molecule has 0 aliphatic carbocycles. The second kappa shape index (κ2) is 7.56. The zero-order valence-corrected chi connectivity index (χ0v) is 13.8. The largest absolute Gasteiger partial charge is 0.492 e. The minimum atomic E-state index is -4.42. The lowest BCUT2D eigenvalue weighted by Crippen LogP contribution is -2.39. The molecule has 0 bridgehead atoms. The van der Waals surface area contributed by atoms with Crippen molar-refractivity contribution in [1.82, 2.24) is 14.5 Å². The first-order chi connectivity index (χ1) is 11.7. The second-order valence-corrected chi connectivity index (χ2v) is 5.46. The molecule has 0 radical (unpaired) electrons. The van der Waals surface area contributed by atoms with Crippen molar-refractivity contribution in [3.8, 4) is 5.75 Å². The van der Waals surface area contributed by atoms with Crippen molar-refractivity contribution in [3.05, 3.63) is 62.4 Å². The van der Waals surface area contributed by atoms with Crippen LogP contribution in [0, 0.1) is 0 Å². The van der Waals surface area contributed by atoms with Gasteiger partial charge in [0.25, 0.3) is 5.56 Å². The molecule has 0 aliphatic rings. The molecule has 0 unspecified atom stereocenters. The quantitative estimate of drug-likeness (QED) is 0.791. The molecule has 0 atom stereocenters. The number of nitrogens with one attached hydrogen (secondary N) is 1. The van der Waals surface area contributed by atoms with E-state index < -0.39 is 23.0 Å². The number of hydrogen-bond donors (Lipinski definition) is 1. The molecular formula is C16H18F3N3O3. The van der Waals surface area contributed by atoms with E-state index in [1.165, 1.54) is 29.9 Å². The van der Waals surface area contributed by atoms with Gasteiger partial charge < -0.3 is 14.6 Å². The van der Waals surface area contributed by atoms with Crippen LogP contribution in [0.15, 0.2) is 40.1 Å². The molecule has 0 aliphatic heterocycles. The molecule has 1 aromatic heterocycles. The van der Waals surface area contributed by atoms with E-state index in [0.717, 1.165) is 16.7 Å². The fourth-order valence-electron chi connectivity index (χ4n) is 2.23. The lowest BCUT2D eigenvalue weighted by atomic mass is 10.2. The summed E-state index contributed by atoms with van der Waals surface area (Å²) < 4.78 is 45.4. The first-order valence-corrected chi connectivity index (χ1v) is 7.46. The van der Waals surface area contributed by atoms with Crippen molar-refractivity contribution in [2.75, 3.05) is 13.2 Å². The van der Waals surface area contributed by atoms with E-state index in [1.807, 2.05) is 0 Å². The van der Waals surface area contributed by atoms with Crippen LogP contribution in [0.4, 0.5) is 13.2 Å². The van der Waals surface area contributed by atoms with E-state index in [9.17, 15) is 22.8 Å². The Morgan fingerprint density at radius 1 is 1.20 bits per heavy atom. The van der Waals surface area contributed by atoms with Crippen LogP contribution in [-0.4, -0.2) is 22.3 Å². The van der Waals surface area contributed by atoms with Crippen LogP contribution in [0.5, 0.6) is 5.75 Å². The summed E-state index contributed by atoms with van der Waals surface area (Å²) in [7, 11) is 2.94. The number of halogens is 3. The molecule has 1 N–H and O–H groups in total. The summed E-state index contributed by atoms with van der Waals surface area (Å²) in [6.07, 6.45) is -2.97. The molecule has 2 rings (SSSR count). The van der Waals surface area contributed by atoms with Gasteiger partial charge in [0, 0.05) is 38.9 Å². The van der Waals surface area contributed by atoms with Gasteiger partial charge in [-0.25, -0.2) is 4.79 Å². The first kappa shape index (κ1) is 18.8. The summed E-state index contributed by atoms with van der Waals surface area (Å²) >= 11 is 0. The summed E-state index contributed by atoms with van der Waals surface area (Å²) in [5, 5.41) is 2.96. The summed E-state index contributed by atoms with van der Waals surface area (Å²) in [6.45, 7) is 0.669. The van der Waals surface area contributed by atoms with Gasteiger partial charge in [-0.1, -0.05) is 6.07 Å². The van der Waals surface area contributed by atoms with Crippen LogP contribution in [0.2, 0.25) is 0 Å². The highest BCUT2D eigenvalue weighted by Gasteiger charge is 2.30. The van der Waals surface area contributed by atoms with Crippen molar-refractivity contribution in [2.24, 2.45) is 14.1 Å². The highest BCUT2D eigenvalue weighted by atomic mass is 19.4. The van der Waals surface area contributed by atoms with Gasteiger partial charge in [-0.3, -0.25) is 9.36 Å². The molecule has 6 nitrogen and oxygen atoms in total. The molecule has 0 amide bonds. The van der Waals surface area contributed by atoms with Crippen molar-refractivity contribution in [3.63, 3.8) is 0 Å². The molecule has 136 valence electrons. The number of aryl methyl sites for hydroxylation is 1. The average Bonchev–Trinajstić information content (AvgIpc) is 2.56. The third-order valence-electron chi connectivity index (χ3n) is 3.54. The van der Waals surface area contributed by atoms with Crippen LogP contribution >= 0.6 is 0 Å². The molecular weight excluding hydrogens is 339 g/mol. The van der Waals surface area contributed by atoms with E-state index in [-0.39, 0.29) is 18.9 Å². The average molecular weight is 357 g/mol. The number of nitrogens with zero attached hydrogens (tertiary/aromatic N) is 2. The van der Waals surface area contributed by atoms with Gasteiger partial charge in [0.15, 0.2) is 0 Å². The van der Waals surface area contributed by atoms with Crippen molar-refractivity contribution < 1.29 is 17.9 Å². The maximum Gasteiger partial charge on any atom is 0.416 e. The lowest BCUT2D eigenvalue weighted by Gasteiger charge is -2.11. The fourth-order valence-corrected chi connectivity index (χ4v) is 2.23. The summed E-state index contributed by atoms with van der Waals surface area (Å²) in [4.78, 5) is 23.5. The van der Waals surface area contributed by atoms with Crippen LogP contribution in [0.1, 0.15) is 11.1 Å². The van der Waals surface area contributed by atoms with Crippen molar-refractivity contribution in [1.29, 1.82) is 0 Å². The standard InChI is InChI=1S/C16H18F3N3O3/c1-21-10-11(14(23)22(2)15(21)24)9-20-6-7-25-13-5-3-4-12(8-13)16(17,18)19/h3-5,8,10,20H,6-7,9H2,1-2H3. The molecule has 0 saturated carbocycles. The number of aromatic nitrogens is 2. The minimum absolute atomic E-state index is 0.120. The van der Waals surface area contributed by atoms with Crippen LogP contribution < -0.4 is 21.3 Å². The molecule has 25 heavy (non-hydrogen) atoms. The smallest absolute Gasteiger partial charge is 0.416 e. The number of hydrogen-bond acceptors (Lipinski definition) is 4. The lowest BCUT2D eigenvalue weighted by molar-refractivity contribution is -0.137. The van der Waals surface area contributed by atoms with Gasteiger partial charge in [0.1, 0.15) is 12.4 Å². The highest BCUT2D eigenvalue weighted by molar-refractivity contribution is 5.30. The van der Waals surface area contributed by atoms with Crippen LogP contribution in [0.3, 0.4) is 0 Å². The maximum atomic E-state index is 12.6. The molecule has 1 heterocycles. The number of benzene rings is 1. The summed E-state index contributed by atoms with van der Waals surface area (Å²) in [6, 6.07) is 4.63. The van der Waals surface area contributed by atoms with Crippen molar-refractivity contribution >= 4 is 0 Å².